The topological polar surface area (TPSA) is 117 Å². The Morgan fingerprint density at radius 1 is 1.14 bits per heavy atom. The van der Waals surface area contributed by atoms with Crippen molar-refractivity contribution < 1.29 is 36.6 Å². The minimum absolute atomic E-state index is 0.0768. The highest BCUT2D eigenvalue weighted by molar-refractivity contribution is 7.32. The van der Waals surface area contributed by atoms with Crippen molar-refractivity contribution >= 4 is 31.2 Å². The number of rotatable bonds is 12. The van der Waals surface area contributed by atoms with Gasteiger partial charge in [-0.05, 0) is 43.2 Å². The molecule has 3 N–H and O–H groups in total. The smallest absolute Gasteiger partial charge is 0.491 e. The van der Waals surface area contributed by atoms with E-state index in [0.29, 0.717) is 18.1 Å². The molecule has 3 aromatic rings. The molecule has 0 saturated carbocycles. The number of benzene rings is 2. The SMILES string of the molecule is C[C@](N)(CO[P+](=O)O)c1nnc(-c2ccc(OCCOCCc3ccccc3Cl)c(C(F)(F)F)c2)s1. The Balaban J connectivity index is 1.63. The maximum absolute atomic E-state index is 13.7. The second-order valence-electron chi connectivity index (χ2n) is 7.85. The summed E-state index contributed by atoms with van der Waals surface area (Å²) in [4.78, 5) is 8.81. The average Bonchev–Trinajstić information content (AvgIpc) is 3.32. The molecule has 1 aromatic heterocycles. The lowest BCUT2D eigenvalue weighted by molar-refractivity contribution is -0.139. The van der Waals surface area contributed by atoms with Crippen LogP contribution in [0.3, 0.4) is 0 Å². The molecular weight excluding hydrogens is 542 g/mol. The average molecular weight is 565 g/mol. The van der Waals surface area contributed by atoms with Gasteiger partial charge in [-0.3, -0.25) is 0 Å². The van der Waals surface area contributed by atoms with Gasteiger partial charge in [0, 0.05) is 15.2 Å². The van der Waals surface area contributed by atoms with E-state index in [1.807, 2.05) is 18.2 Å². The number of halogens is 4. The molecule has 0 spiro atoms. The normalized spacial score (nSPS) is 13.9. The summed E-state index contributed by atoms with van der Waals surface area (Å²) in [6, 6.07) is 10.9. The Hall–Kier alpha value is -2.18. The van der Waals surface area contributed by atoms with E-state index >= 15 is 0 Å². The van der Waals surface area contributed by atoms with Crippen molar-refractivity contribution in [2.45, 2.75) is 25.1 Å². The van der Waals surface area contributed by atoms with E-state index in [2.05, 4.69) is 14.7 Å². The molecule has 0 fully saturated rings. The van der Waals surface area contributed by atoms with Crippen LogP contribution in [0.15, 0.2) is 42.5 Å². The predicted octanol–water partition coefficient (Wildman–Crippen LogP) is 5.36. The number of nitrogens with zero attached hydrogens (tertiary/aromatic N) is 2. The van der Waals surface area contributed by atoms with Crippen LogP contribution in [0.25, 0.3) is 10.6 Å². The standard InChI is InChI=1S/C22H22ClF3N3O5PS/c1-21(27,13-34-35(30)31)20-29-28-19(36-20)15-6-7-18(16(12-15)22(24,25)26)33-11-10-32-9-8-14-4-2-3-5-17(14)23/h2-7,12H,8-11,13,27H2,1H3/p+1/t21-/m0/s1. The molecule has 194 valence electrons. The van der Waals surface area contributed by atoms with E-state index in [-0.39, 0.29) is 41.1 Å². The van der Waals surface area contributed by atoms with E-state index < -0.39 is 25.5 Å². The van der Waals surface area contributed by atoms with Crippen LogP contribution in [-0.4, -0.2) is 41.5 Å². The predicted molar refractivity (Wildman–Crippen MR) is 129 cm³/mol. The number of hydrogen-bond acceptors (Lipinski definition) is 8. The zero-order chi connectivity index (χ0) is 26.3. The van der Waals surface area contributed by atoms with Gasteiger partial charge in [0.25, 0.3) is 0 Å². The first-order chi connectivity index (χ1) is 17.0. The van der Waals surface area contributed by atoms with Crippen LogP contribution in [0.5, 0.6) is 5.75 Å². The van der Waals surface area contributed by atoms with Crippen molar-refractivity contribution in [3.05, 3.63) is 63.6 Å². The second-order valence-corrected chi connectivity index (χ2v) is 9.97. The molecule has 0 bridgehead atoms. The molecule has 0 saturated heterocycles. The summed E-state index contributed by atoms with van der Waals surface area (Å²) in [6.07, 6.45) is -4.11. The van der Waals surface area contributed by atoms with Crippen LogP contribution >= 0.6 is 31.2 Å². The highest BCUT2D eigenvalue weighted by atomic mass is 35.5. The van der Waals surface area contributed by atoms with Crippen molar-refractivity contribution in [3.63, 3.8) is 0 Å². The first-order valence-electron chi connectivity index (χ1n) is 10.5. The minimum atomic E-state index is -4.67. The third-order valence-electron chi connectivity index (χ3n) is 4.88. The number of aromatic nitrogens is 2. The molecule has 2 atom stereocenters. The quantitative estimate of drug-likeness (QED) is 0.223. The molecule has 0 radical (unpaired) electrons. The van der Waals surface area contributed by atoms with Gasteiger partial charge in [0.1, 0.15) is 29.0 Å². The van der Waals surface area contributed by atoms with E-state index in [1.165, 1.54) is 19.1 Å². The highest BCUT2D eigenvalue weighted by Crippen LogP contribution is 2.40. The fraction of sp³-hybridized carbons (Fsp3) is 0.364. The van der Waals surface area contributed by atoms with Gasteiger partial charge in [-0.25, -0.2) is 0 Å². The second kappa shape index (κ2) is 12.4. The Kier molecular flexibility index (Phi) is 9.76. The Morgan fingerprint density at radius 2 is 1.89 bits per heavy atom. The van der Waals surface area contributed by atoms with Gasteiger partial charge in [0.2, 0.25) is 0 Å². The van der Waals surface area contributed by atoms with Gasteiger partial charge < -0.3 is 15.2 Å². The van der Waals surface area contributed by atoms with Gasteiger partial charge in [0.15, 0.2) is 0 Å². The lowest BCUT2D eigenvalue weighted by Crippen LogP contribution is -2.37. The molecule has 0 amide bonds. The summed E-state index contributed by atoms with van der Waals surface area (Å²) >= 11 is 7.04. The number of ether oxygens (including phenoxy) is 2. The zero-order valence-corrected chi connectivity index (χ0v) is 21.5. The zero-order valence-electron chi connectivity index (χ0n) is 19.0. The third-order valence-corrected chi connectivity index (χ3v) is 6.85. The molecule has 0 aliphatic carbocycles. The molecule has 3 rings (SSSR count). The summed E-state index contributed by atoms with van der Waals surface area (Å²) in [5, 5.41) is 8.88. The fourth-order valence-electron chi connectivity index (χ4n) is 3.03. The van der Waals surface area contributed by atoms with Crippen LogP contribution in [-0.2, 0) is 32.0 Å². The van der Waals surface area contributed by atoms with Crippen LogP contribution in [0, 0.1) is 0 Å². The Bertz CT molecular complexity index is 1200. The largest absolute Gasteiger partial charge is 0.694 e. The molecule has 0 aliphatic heterocycles. The first kappa shape index (κ1) is 28.4. The summed E-state index contributed by atoms with van der Waals surface area (Å²) in [7, 11) is -2.86. The summed E-state index contributed by atoms with van der Waals surface area (Å²) in [5.74, 6) is -0.338. The van der Waals surface area contributed by atoms with Gasteiger partial charge >= 0.3 is 14.4 Å². The highest BCUT2D eigenvalue weighted by Gasteiger charge is 2.36. The summed E-state index contributed by atoms with van der Waals surface area (Å²) < 4.78 is 67.4. The maximum Gasteiger partial charge on any atom is 0.694 e. The van der Waals surface area contributed by atoms with Gasteiger partial charge in [0.05, 0.1) is 24.3 Å². The lowest BCUT2D eigenvalue weighted by Gasteiger charge is -2.16. The molecule has 2 aromatic carbocycles. The van der Waals surface area contributed by atoms with E-state index in [9.17, 15) is 17.7 Å². The molecule has 36 heavy (non-hydrogen) atoms. The van der Waals surface area contributed by atoms with Gasteiger partial charge in [-0.15, -0.1) is 19.6 Å². The third kappa shape index (κ3) is 7.91. The Labute approximate surface area is 215 Å². The molecule has 1 unspecified atom stereocenters. The van der Waals surface area contributed by atoms with Crippen molar-refractivity contribution in [1.82, 2.24) is 10.2 Å². The van der Waals surface area contributed by atoms with Crippen LogP contribution in [0.4, 0.5) is 13.2 Å². The molecule has 14 heteroatoms. The van der Waals surface area contributed by atoms with E-state index in [0.717, 1.165) is 23.0 Å². The summed E-state index contributed by atoms with van der Waals surface area (Å²) in [5.41, 5.74) is 4.91. The van der Waals surface area contributed by atoms with Crippen molar-refractivity contribution in [2.75, 3.05) is 26.4 Å². The number of nitrogens with two attached hydrogens (primary N) is 1. The number of hydrogen-bond donors (Lipinski definition) is 2. The van der Waals surface area contributed by atoms with Crippen molar-refractivity contribution in [2.24, 2.45) is 5.73 Å². The molecular formula is C22H23ClF3N3O5PS+. The summed E-state index contributed by atoms with van der Waals surface area (Å²) in [6.45, 7) is 1.54. The monoisotopic (exact) mass is 564 g/mol. The number of alkyl halides is 3. The van der Waals surface area contributed by atoms with E-state index in [4.69, 9.17) is 31.7 Å². The molecule has 1 heterocycles. The van der Waals surface area contributed by atoms with E-state index in [1.54, 1.807) is 6.07 Å². The fourth-order valence-corrected chi connectivity index (χ4v) is 4.52. The minimum Gasteiger partial charge on any atom is -0.491 e. The maximum atomic E-state index is 13.7. The van der Waals surface area contributed by atoms with Crippen molar-refractivity contribution in [3.8, 4) is 16.3 Å². The van der Waals surface area contributed by atoms with Crippen LogP contribution in [0.2, 0.25) is 5.02 Å². The van der Waals surface area contributed by atoms with Crippen molar-refractivity contribution in [1.29, 1.82) is 0 Å². The Morgan fingerprint density at radius 3 is 2.58 bits per heavy atom. The van der Waals surface area contributed by atoms with Crippen LogP contribution in [0.1, 0.15) is 23.1 Å². The van der Waals surface area contributed by atoms with Gasteiger partial charge in [-0.2, -0.15) is 13.2 Å². The lowest BCUT2D eigenvalue weighted by atomic mass is 10.1. The molecule has 0 aliphatic rings. The van der Waals surface area contributed by atoms with Gasteiger partial charge in [-0.1, -0.05) is 41.1 Å². The molecule has 8 nitrogen and oxygen atoms in total. The first-order valence-corrected chi connectivity index (χ1v) is 12.9. The van der Waals surface area contributed by atoms with Crippen LogP contribution < -0.4 is 10.5 Å².